The lowest BCUT2D eigenvalue weighted by atomic mass is 10.1. The van der Waals surface area contributed by atoms with Gasteiger partial charge in [-0.05, 0) is 12.3 Å². The third-order valence-electron chi connectivity index (χ3n) is 2.42. The molecule has 2 atom stereocenters. The third-order valence-corrected chi connectivity index (χ3v) is 2.42. The summed E-state index contributed by atoms with van der Waals surface area (Å²) in [6.07, 6.45) is 0.178. The van der Waals surface area contributed by atoms with Crippen molar-refractivity contribution in [2.45, 2.75) is 32.4 Å². The van der Waals surface area contributed by atoms with Gasteiger partial charge in [-0.2, -0.15) is 0 Å². The van der Waals surface area contributed by atoms with Crippen LogP contribution in [0, 0.1) is 5.92 Å². The fraction of sp³-hybridized carbons (Fsp3) is 0.900. The van der Waals surface area contributed by atoms with Crippen LogP contribution in [0.15, 0.2) is 0 Å². The van der Waals surface area contributed by atoms with Gasteiger partial charge in [0.05, 0.1) is 12.1 Å². The molecule has 1 aliphatic heterocycles. The predicted octanol–water partition coefficient (Wildman–Crippen LogP) is -0.176. The van der Waals surface area contributed by atoms with Gasteiger partial charge < -0.3 is 15.3 Å². The molecule has 0 bridgehead atoms. The Morgan fingerprint density at radius 2 is 2.29 bits per heavy atom. The van der Waals surface area contributed by atoms with E-state index in [1.165, 1.54) is 0 Å². The largest absolute Gasteiger partial charge is 0.392 e. The molecule has 1 aliphatic rings. The van der Waals surface area contributed by atoms with Crippen molar-refractivity contribution in [2.75, 3.05) is 20.1 Å². The van der Waals surface area contributed by atoms with Crippen molar-refractivity contribution < 1.29 is 9.90 Å². The lowest BCUT2D eigenvalue weighted by Gasteiger charge is -2.22. The van der Waals surface area contributed by atoms with Gasteiger partial charge in [0.2, 0.25) is 5.91 Å². The summed E-state index contributed by atoms with van der Waals surface area (Å²) < 4.78 is 0. The van der Waals surface area contributed by atoms with E-state index in [4.69, 9.17) is 0 Å². The average Bonchev–Trinajstić information content (AvgIpc) is 2.49. The number of β-amino-alcohol motifs (C(OH)–C–C–N with tert-alkyl or cyclic N) is 1. The Balaban J connectivity index is 2.40. The van der Waals surface area contributed by atoms with Gasteiger partial charge in [0.1, 0.15) is 0 Å². The Kier molecular flexibility index (Phi) is 3.89. The molecule has 0 aromatic rings. The summed E-state index contributed by atoms with van der Waals surface area (Å²) in [7, 11) is 1.81. The molecule has 0 saturated carbocycles. The summed E-state index contributed by atoms with van der Waals surface area (Å²) in [6.45, 7) is 5.47. The molecule has 4 heteroatoms. The number of hydrogen-bond acceptors (Lipinski definition) is 3. The normalized spacial score (nSPS) is 26.9. The van der Waals surface area contributed by atoms with E-state index in [0.29, 0.717) is 18.9 Å². The van der Waals surface area contributed by atoms with Crippen LogP contribution in [0.2, 0.25) is 0 Å². The fourth-order valence-corrected chi connectivity index (χ4v) is 1.81. The maximum atomic E-state index is 11.8. The van der Waals surface area contributed by atoms with Gasteiger partial charge >= 0.3 is 0 Å². The van der Waals surface area contributed by atoms with Gasteiger partial charge in [0.15, 0.2) is 0 Å². The number of nitrogens with zero attached hydrogens (tertiary/aromatic N) is 1. The number of aliphatic hydroxyl groups is 1. The number of amides is 1. The first kappa shape index (κ1) is 11.5. The summed E-state index contributed by atoms with van der Waals surface area (Å²) in [5.74, 6) is 0.575. The van der Waals surface area contributed by atoms with Gasteiger partial charge in [0.25, 0.3) is 0 Å². The van der Waals surface area contributed by atoms with E-state index in [1.807, 2.05) is 7.05 Å². The first-order chi connectivity index (χ1) is 6.50. The maximum Gasteiger partial charge on any atom is 0.239 e. The molecule has 1 rings (SSSR count). The van der Waals surface area contributed by atoms with E-state index < -0.39 is 0 Å². The van der Waals surface area contributed by atoms with E-state index >= 15 is 0 Å². The zero-order chi connectivity index (χ0) is 10.7. The highest BCUT2D eigenvalue weighted by atomic mass is 16.3. The molecule has 0 aromatic carbocycles. The summed E-state index contributed by atoms with van der Waals surface area (Å²) in [6, 6.07) is -0.186. The number of aliphatic hydroxyl groups excluding tert-OH is 1. The Bertz CT molecular complexity index is 206. The lowest BCUT2D eigenvalue weighted by Crippen LogP contribution is -2.42. The van der Waals surface area contributed by atoms with Crippen molar-refractivity contribution in [3.63, 3.8) is 0 Å². The monoisotopic (exact) mass is 200 g/mol. The molecule has 0 radical (unpaired) electrons. The molecule has 1 heterocycles. The molecule has 0 spiro atoms. The summed E-state index contributed by atoms with van der Waals surface area (Å²) >= 11 is 0. The van der Waals surface area contributed by atoms with Crippen LogP contribution in [0.1, 0.15) is 20.3 Å². The molecule has 0 aromatic heterocycles. The number of likely N-dealkylation sites (N-methyl/N-ethyl adjacent to an activating group) is 1. The van der Waals surface area contributed by atoms with Gasteiger partial charge in [-0.25, -0.2) is 0 Å². The first-order valence-electron chi connectivity index (χ1n) is 5.17. The predicted molar refractivity (Wildman–Crippen MR) is 54.9 cm³/mol. The molecule has 1 saturated heterocycles. The first-order valence-corrected chi connectivity index (χ1v) is 5.17. The van der Waals surface area contributed by atoms with E-state index in [1.54, 1.807) is 4.90 Å². The van der Waals surface area contributed by atoms with Gasteiger partial charge in [0, 0.05) is 20.1 Å². The number of carbonyl (C=O) groups is 1. The molecule has 1 fully saturated rings. The van der Waals surface area contributed by atoms with Crippen LogP contribution >= 0.6 is 0 Å². The summed E-state index contributed by atoms with van der Waals surface area (Å²) in [5.41, 5.74) is 0. The standard InChI is InChI=1S/C10H20N2O2/c1-7(2)6-12(3)10(14)9-4-8(13)5-11-9/h7-9,11,13H,4-6H2,1-3H3/t8-,9-/m1/s1. The van der Waals surface area contributed by atoms with Crippen LogP contribution in [0.3, 0.4) is 0 Å². The topological polar surface area (TPSA) is 52.6 Å². The lowest BCUT2D eigenvalue weighted by molar-refractivity contribution is -0.132. The Labute approximate surface area is 85.3 Å². The van der Waals surface area contributed by atoms with Gasteiger partial charge in [-0.3, -0.25) is 4.79 Å². The highest BCUT2D eigenvalue weighted by Gasteiger charge is 2.29. The molecular weight excluding hydrogens is 180 g/mol. The van der Waals surface area contributed by atoms with Crippen LogP contribution in [0.5, 0.6) is 0 Å². The highest BCUT2D eigenvalue weighted by molar-refractivity contribution is 5.82. The highest BCUT2D eigenvalue weighted by Crippen LogP contribution is 2.09. The Morgan fingerprint density at radius 3 is 2.71 bits per heavy atom. The Morgan fingerprint density at radius 1 is 1.64 bits per heavy atom. The van der Waals surface area contributed by atoms with Crippen LogP contribution in [-0.2, 0) is 4.79 Å². The zero-order valence-corrected chi connectivity index (χ0v) is 9.16. The van der Waals surface area contributed by atoms with Crippen LogP contribution < -0.4 is 5.32 Å². The van der Waals surface area contributed by atoms with Crippen molar-refractivity contribution in [3.05, 3.63) is 0 Å². The van der Waals surface area contributed by atoms with E-state index in [2.05, 4.69) is 19.2 Å². The van der Waals surface area contributed by atoms with Crippen molar-refractivity contribution in [2.24, 2.45) is 5.92 Å². The van der Waals surface area contributed by atoms with Crippen molar-refractivity contribution >= 4 is 5.91 Å². The van der Waals surface area contributed by atoms with Crippen LogP contribution in [0.25, 0.3) is 0 Å². The molecule has 0 aliphatic carbocycles. The van der Waals surface area contributed by atoms with Crippen molar-refractivity contribution in [3.8, 4) is 0 Å². The smallest absolute Gasteiger partial charge is 0.239 e. The number of nitrogens with one attached hydrogen (secondary N) is 1. The third kappa shape index (κ3) is 2.96. The summed E-state index contributed by atoms with van der Waals surface area (Å²) in [5, 5.41) is 12.3. The van der Waals surface area contributed by atoms with Crippen molar-refractivity contribution in [1.29, 1.82) is 0 Å². The number of carbonyl (C=O) groups excluding carboxylic acids is 1. The van der Waals surface area contributed by atoms with E-state index in [-0.39, 0.29) is 18.1 Å². The average molecular weight is 200 g/mol. The SMILES string of the molecule is CC(C)CN(C)C(=O)[C@H]1C[C@@H](O)CN1. The second-order valence-electron chi connectivity index (χ2n) is 4.46. The molecule has 1 amide bonds. The minimum atomic E-state index is -0.364. The Hall–Kier alpha value is -0.610. The summed E-state index contributed by atoms with van der Waals surface area (Å²) in [4.78, 5) is 13.5. The zero-order valence-electron chi connectivity index (χ0n) is 9.16. The molecule has 2 N–H and O–H groups in total. The second-order valence-corrected chi connectivity index (χ2v) is 4.46. The molecule has 4 nitrogen and oxygen atoms in total. The minimum Gasteiger partial charge on any atom is -0.392 e. The fourth-order valence-electron chi connectivity index (χ4n) is 1.81. The quantitative estimate of drug-likeness (QED) is 0.664. The van der Waals surface area contributed by atoms with Crippen molar-refractivity contribution in [1.82, 2.24) is 10.2 Å². The molecule has 14 heavy (non-hydrogen) atoms. The van der Waals surface area contributed by atoms with E-state index in [9.17, 15) is 9.90 Å². The second kappa shape index (κ2) is 4.75. The van der Waals surface area contributed by atoms with Gasteiger partial charge in [-0.15, -0.1) is 0 Å². The van der Waals surface area contributed by atoms with Gasteiger partial charge in [-0.1, -0.05) is 13.8 Å². The maximum absolute atomic E-state index is 11.8. The number of rotatable bonds is 3. The van der Waals surface area contributed by atoms with Crippen LogP contribution in [0.4, 0.5) is 0 Å². The van der Waals surface area contributed by atoms with Crippen LogP contribution in [-0.4, -0.2) is 48.2 Å². The molecular formula is C10H20N2O2. The molecule has 82 valence electrons. The number of hydrogen-bond donors (Lipinski definition) is 2. The minimum absolute atomic E-state index is 0.0928. The molecule has 0 unspecified atom stereocenters. The van der Waals surface area contributed by atoms with E-state index in [0.717, 1.165) is 6.54 Å².